The predicted octanol–water partition coefficient (Wildman–Crippen LogP) is 9.50. The fraction of sp³-hybridized carbons (Fsp3) is 0.531. The van der Waals surface area contributed by atoms with Gasteiger partial charge in [0.2, 0.25) is 5.91 Å². The van der Waals surface area contributed by atoms with Crippen LogP contribution in [-0.2, 0) is 17.8 Å². The van der Waals surface area contributed by atoms with Crippen LogP contribution in [0, 0.1) is 0 Å². The average Bonchev–Trinajstić information content (AvgIpc) is 3.42. The summed E-state index contributed by atoms with van der Waals surface area (Å²) in [7, 11) is 0. The molecule has 0 radical (unpaired) electrons. The Labute approximate surface area is 245 Å². The van der Waals surface area contributed by atoms with Gasteiger partial charge in [-0.3, -0.25) is 4.79 Å². The Morgan fingerprint density at radius 1 is 0.842 bits per heavy atom. The maximum Gasteiger partial charge on any atom is 0.228 e. The van der Waals surface area contributed by atoms with Crippen molar-refractivity contribution in [2.45, 2.75) is 96.9 Å². The zero-order valence-electron chi connectivity index (χ0n) is 23.2. The van der Waals surface area contributed by atoms with E-state index in [0.29, 0.717) is 13.0 Å². The molecule has 0 bridgehead atoms. The van der Waals surface area contributed by atoms with E-state index in [9.17, 15) is 4.79 Å². The minimum atomic E-state index is -0.0137. The van der Waals surface area contributed by atoms with E-state index in [-0.39, 0.29) is 22.9 Å². The summed E-state index contributed by atoms with van der Waals surface area (Å²) in [5, 5.41) is 5.23. The number of hydrogen-bond acceptors (Lipinski definition) is 4. The summed E-state index contributed by atoms with van der Waals surface area (Å²) in [5.41, 5.74) is 2.95. The van der Waals surface area contributed by atoms with Crippen LogP contribution < -0.4 is 10.1 Å². The molecular formula is C32H47BrN2O2S. The van der Waals surface area contributed by atoms with E-state index in [1.165, 1.54) is 70.6 Å². The molecule has 3 rings (SSSR count). The lowest BCUT2D eigenvalue weighted by atomic mass is 10.1. The van der Waals surface area contributed by atoms with E-state index < -0.39 is 0 Å². The Morgan fingerprint density at radius 2 is 1.45 bits per heavy atom. The maximum atomic E-state index is 12.9. The van der Waals surface area contributed by atoms with Gasteiger partial charge >= 0.3 is 0 Å². The van der Waals surface area contributed by atoms with Gasteiger partial charge in [-0.05, 0) is 29.5 Å². The molecule has 4 nitrogen and oxygen atoms in total. The Balaban J connectivity index is 0.00000507. The first-order chi connectivity index (χ1) is 18.3. The van der Waals surface area contributed by atoms with Gasteiger partial charge in [0.15, 0.2) is 0 Å². The van der Waals surface area contributed by atoms with Crippen molar-refractivity contribution in [3.8, 4) is 5.75 Å². The molecule has 0 aliphatic carbocycles. The first-order valence-corrected chi connectivity index (χ1v) is 15.4. The molecule has 0 aromatic heterocycles. The van der Waals surface area contributed by atoms with Crippen molar-refractivity contribution < 1.29 is 9.53 Å². The van der Waals surface area contributed by atoms with E-state index >= 15 is 0 Å². The molecule has 6 heteroatoms. The second-order valence-corrected chi connectivity index (χ2v) is 10.9. The van der Waals surface area contributed by atoms with Crippen LogP contribution in [0.4, 0.5) is 5.69 Å². The van der Waals surface area contributed by atoms with Gasteiger partial charge in [0, 0.05) is 24.0 Å². The monoisotopic (exact) mass is 602 g/mol. The summed E-state index contributed by atoms with van der Waals surface area (Å²) in [4.78, 5) is 15.2. The minimum absolute atomic E-state index is 0. The highest BCUT2D eigenvalue weighted by Crippen LogP contribution is 2.24. The van der Waals surface area contributed by atoms with E-state index in [2.05, 4.69) is 34.8 Å². The van der Waals surface area contributed by atoms with Crippen molar-refractivity contribution in [2.75, 3.05) is 17.8 Å². The Morgan fingerprint density at radius 3 is 2.11 bits per heavy atom. The molecule has 0 fully saturated rings. The van der Waals surface area contributed by atoms with Crippen LogP contribution in [0.25, 0.3) is 0 Å². The highest BCUT2D eigenvalue weighted by Gasteiger charge is 2.13. The molecule has 1 N–H and O–H groups in total. The number of rotatable bonds is 19. The predicted molar refractivity (Wildman–Crippen MR) is 169 cm³/mol. The molecule has 1 amide bonds. The zero-order chi connectivity index (χ0) is 26.0. The number of anilines is 1. The number of hydrogen-bond donors (Lipinski definition) is 1. The Hall–Kier alpha value is -1.92. The van der Waals surface area contributed by atoms with Gasteiger partial charge in [-0.25, -0.2) is 0 Å². The van der Waals surface area contributed by atoms with Crippen LogP contribution in [-0.4, -0.2) is 23.3 Å². The van der Waals surface area contributed by atoms with E-state index in [1.54, 1.807) is 11.8 Å². The SMILES string of the molecule is Br.CCCCCCCCCCCCCCOc1ccccc1CC(=O)Nc1ccccc1CN1C=CSC1. The van der Waals surface area contributed by atoms with Gasteiger partial charge in [-0.1, -0.05) is 114 Å². The van der Waals surface area contributed by atoms with Crippen LogP contribution >= 0.6 is 28.7 Å². The number of carbonyl (C=O) groups is 1. The van der Waals surface area contributed by atoms with Gasteiger partial charge in [0.25, 0.3) is 0 Å². The number of ether oxygens (including phenoxy) is 1. The first-order valence-electron chi connectivity index (χ1n) is 14.4. The van der Waals surface area contributed by atoms with Gasteiger partial charge in [-0.15, -0.1) is 28.7 Å². The van der Waals surface area contributed by atoms with Crippen LogP contribution in [0.5, 0.6) is 5.75 Å². The summed E-state index contributed by atoms with van der Waals surface area (Å²) >= 11 is 1.79. The Bertz CT molecular complexity index is 953. The summed E-state index contributed by atoms with van der Waals surface area (Å²) in [6.45, 7) is 3.77. The standard InChI is InChI=1S/C32H46N2O2S.BrH/c1-2-3-4-5-6-7-8-9-10-11-12-17-23-36-31-21-16-14-18-28(31)25-32(35)33-30-20-15-13-19-29(30)26-34-22-24-37-27-34;/h13-16,18-22,24H,2-12,17,23,25-27H2,1H3,(H,33,35);1H. The van der Waals surface area contributed by atoms with Crippen molar-refractivity contribution in [1.29, 1.82) is 0 Å². The van der Waals surface area contributed by atoms with Crippen LogP contribution in [0.1, 0.15) is 95.1 Å². The van der Waals surface area contributed by atoms with Gasteiger partial charge in [-0.2, -0.15) is 0 Å². The highest BCUT2D eigenvalue weighted by molar-refractivity contribution is 8.93. The number of thioether (sulfide) groups is 1. The third kappa shape index (κ3) is 12.8. The lowest BCUT2D eigenvalue weighted by Crippen LogP contribution is -2.18. The van der Waals surface area contributed by atoms with Crippen molar-refractivity contribution in [3.05, 3.63) is 71.3 Å². The molecule has 38 heavy (non-hydrogen) atoms. The smallest absolute Gasteiger partial charge is 0.228 e. The number of carbonyl (C=O) groups excluding carboxylic acids is 1. The number of halogens is 1. The fourth-order valence-corrected chi connectivity index (χ4v) is 5.40. The normalized spacial score (nSPS) is 12.4. The van der Waals surface area contributed by atoms with Gasteiger partial charge in [0.05, 0.1) is 18.9 Å². The molecule has 0 saturated heterocycles. The largest absolute Gasteiger partial charge is 0.493 e. The van der Waals surface area contributed by atoms with Gasteiger partial charge in [0.1, 0.15) is 5.75 Å². The fourth-order valence-electron chi connectivity index (χ4n) is 4.69. The molecule has 0 spiro atoms. The van der Waals surface area contributed by atoms with Crippen LogP contribution in [0.3, 0.4) is 0 Å². The molecule has 0 atom stereocenters. The average molecular weight is 604 g/mol. The number of nitrogens with zero attached hydrogens (tertiary/aromatic N) is 1. The summed E-state index contributed by atoms with van der Waals surface area (Å²) in [6.07, 6.45) is 18.4. The number of nitrogens with one attached hydrogen (secondary N) is 1. The minimum Gasteiger partial charge on any atom is -0.493 e. The number of para-hydroxylation sites is 2. The molecule has 2 aromatic carbocycles. The quantitative estimate of drug-likeness (QED) is 0.162. The summed E-state index contributed by atoms with van der Waals surface area (Å²) in [5.74, 6) is 1.76. The van der Waals surface area contributed by atoms with Crippen LogP contribution in [0.15, 0.2) is 60.1 Å². The topological polar surface area (TPSA) is 41.6 Å². The zero-order valence-corrected chi connectivity index (χ0v) is 25.7. The van der Waals surface area contributed by atoms with Crippen molar-refractivity contribution >= 4 is 40.3 Å². The molecule has 0 saturated carbocycles. The molecule has 210 valence electrons. The molecule has 0 unspecified atom stereocenters. The molecular weight excluding hydrogens is 556 g/mol. The summed E-state index contributed by atoms with van der Waals surface area (Å²) in [6, 6.07) is 16.0. The van der Waals surface area contributed by atoms with E-state index in [4.69, 9.17) is 4.74 Å². The number of unbranched alkanes of at least 4 members (excludes halogenated alkanes) is 11. The van der Waals surface area contributed by atoms with E-state index in [0.717, 1.165) is 41.4 Å². The number of amides is 1. The Kier molecular flexibility index (Phi) is 17.0. The third-order valence-electron chi connectivity index (χ3n) is 6.85. The van der Waals surface area contributed by atoms with Crippen molar-refractivity contribution in [2.24, 2.45) is 0 Å². The van der Waals surface area contributed by atoms with Crippen LogP contribution in [0.2, 0.25) is 0 Å². The second-order valence-electron chi connectivity index (χ2n) is 10.1. The van der Waals surface area contributed by atoms with Crippen molar-refractivity contribution in [1.82, 2.24) is 4.90 Å². The second kappa shape index (κ2) is 20.0. The molecule has 1 aliphatic heterocycles. The highest BCUT2D eigenvalue weighted by atomic mass is 79.9. The third-order valence-corrected chi connectivity index (χ3v) is 7.65. The maximum absolute atomic E-state index is 12.9. The lowest BCUT2D eigenvalue weighted by molar-refractivity contribution is -0.115. The molecule has 2 aromatic rings. The van der Waals surface area contributed by atoms with Gasteiger partial charge < -0.3 is 15.0 Å². The van der Waals surface area contributed by atoms with E-state index in [1.807, 2.05) is 42.5 Å². The number of benzene rings is 2. The summed E-state index contributed by atoms with van der Waals surface area (Å²) < 4.78 is 6.10. The molecule has 1 heterocycles. The first kappa shape index (κ1) is 32.3. The van der Waals surface area contributed by atoms with Crippen molar-refractivity contribution in [3.63, 3.8) is 0 Å². The molecule has 1 aliphatic rings. The lowest BCUT2D eigenvalue weighted by Gasteiger charge is -2.18.